The molecule has 2 heterocycles. The van der Waals surface area contributed by atoms with Crippen LogP contribution in [0.3, 0.4) is 0 Å². The molecular weight excluding hydrogens is 655 g/mol. The highest BCUT2D eigenvalue weighted by Gasteiger charge is 2.41. The lowest BCUT2D eigenvalue weighted by atomic mass is 9.81. The standard InChI is InChI=1S/C31H34F7N5O3S/c1-19-13-23(32)7-8-24(19)25-17-27(42-9-11-43(12-10-42)47(45,46)40(4)5)39-18-26(25)41(6)28(44)29(2,3)20-14-21(30(33,34)35)16-22(15-20)31(36,37)38/h7-8,13-18H,9-12H2,1-6H3. The molecule has 0 radical (unpaired) electrons. The number of nitrogens with zero attached hydrogens (tertiary/aromatic N) is 5. The number of benzene rings is 2. The fraction of sp³-hybridized carbons (Fsp3) is 0.419. The molecule has 256 valence electrons. The molecule has 0 unspecified atom stereocenters. The van der Waals surface area contributed by atoms with E-state index in [-0.39, 0.29) is 37.9 Å². The number of rotatable bonds is 7. The number of alkyl halides is 6. The minimum Gasteiger partial charge on any atom is -0.354 e. The van der Waals surface area contributed by atoms with Gasteiger partial charge in [0.25, 0.3) is 10.2 Å². The molecule has 3 aromatic rings. The zero-order chi connectivity index (χ0) is 35.3. The summed E-state index contributed by atoms with van der Waals surface area (Å²) in [5, 5.41) is 0. The van der Waals surface area contributed by atoms with Crippen molar-refractivity contribution in [2.24, 2.45) is 0 Å². The summed E-state index contributed by atoms with van der Waals surface area (Å²) in [4.78, 5) is 21.4. The summed E-state index contributed by atoms with van der Waals surface area (Å²) in [5.41, 5.74) is -3.92. The van der Waals surface area contributed by atoms with Gasteiger partial charge in [-0.1, -0.05) is 6.07 Å². The van der Waals surface area contributed by atoms with Crippen LogP contribution < -0.4 is 9.80 Å². The Morgan fingerprint density at radius 3 is 1.83 bits per heavy atom. The molecule has 1 aliphatic rings. The maximum atomic E-state index is 14.1. The van der Waals surface area contributed by atoms with Crippen LogP contribution in [-0.4, -0.2) is 75.2 Å². The second-order valence-electron chi connectivity index (χ2n) is 12.0. The number of hydrogen-bond donors (Lipinski definition) is 0. The second kappa shape index (κ2) is 12.7. The number of amides is 1. The van der Waals surface area contributed by atoms with Crippen molar-refractivity contribution < 1.29 is 43.9 Å². The summed E-state index contributed by atoms with van der Waals surface area (Å²) >= 11 is 0. The van der Waals surface area contributed by atoms with Gasteiger partial charge in [0, 0.05) is 52.9 Å². The van der Waals surface area contributed by atoms with Crippen molar-refractivity contribution in [2.75, 3.05) is 57.1 Å². The van der Waals surface area contributed by atoms with Crippen molar-refractivity contribution in [3.8, 4) is 11.1 Å². The minimum atomic E-state index is -5.10. The predicted molar refractivity (Wildman–Crippen MR) is 164 cm³/mol. The van der Waals surface area contributed by atoms with E-state index in [4.69, 9.17) is 0 Å². The van der Waals surface area contributed by atoms with Gasteiger partial charge in [0.1, 0.15) is 11.6 Å². The molecule has 0 saturated carbocycles. The third-order valence-electron chi connectivity index (χ3n) is 8.21. The van der Waals surface area contributed by atoms with Crippen LogP contribution in [0.4, 0.5) is 42.2 Å². The summed E-state index contributed by atoms with van der Waals surface area (Å²) in [6.45, 7) is 4.98. The molecule has 1 saturated heterocycles. The normalized spacial score (nSPS) is 15.3. The van der Waals surface area contributed by atoms with Gasteiger partial charge in [0.05, 0.1) is 28.4 Å². The average Bonchev–Trinajstić information content (AvgIpc) is 2.99. The summed E-state index contributed by atoms with van der Waals surface area (Å²) in [6, 6.07) is 6.67. The molecule has 0 spiro atoms. The Morgan fingerprint density at radius 1 is 0.809 bits per heavy atom. The fourth-order valence-electron chi connectivity index (χ4n) is 5.37. The predicted octanol–water partition coefficient (Wildman–Crippen LogP) is 6.10. The van der Waals surface area contributed by atoms with Crippen molar-refractivity contribution >= 4 is 27.6 Å². The number of carbonyl (C=O) groups is 1. The number of aromatic nitrogens is 1. The van der Waals surface area contributed by atoms with Crippen LogP contribution >= 0.6 is 0 Å². The molecule has 1 aliphatic heterocycles. The molecule has 47 heavy (non-hydrogen) atoms. The van der Waals surface area contributed by atoms with Crippen molar-refractivity contribution in [3.63, 3.8) is 0 Å². The Hall–Kier alpha value is -3.76. The highest BCUT2D eigenvalue weighted by molar-refractivity contribution is 7.86. The topological polar surface area (TPSA) is 77.1 Å². The third kappa shape index (κ3) is 7.38. The number of pyridine rings is 1. The molecule has 1 aromatic heterocycles. The van der Waals surface area contributed by atoms with E-state index in [0.717, 1.165) is 9.21 Å². The minimum absolute atomic E-state index is 0.00156. The molecule has 1 fully saturated rings. The van der Waals surface area contributed by atoms with Gasteiger partial charge in [0.15, 0.2) is 0 Å². The fourth-order valence-corrected chi connectivity index (χ4v) is 6.46. The van der Waals surface area contributed by atoms with Crippen LogP contribution in [0.5, 0.6) is 0 Å². The van der Waals surface area contributed by atoms with Gasteiger partial charge < -0.3 is 9.80 Å². The van der Waals surface area contributed by atoms with Gasteiger partial charge >= 0.3 is 12.4 Å². The summed E-state index contributed by atoms with van der Waals surface area (Å²) in [6.07, 6.45) is -8.86. The Kier molecular flexibility index (Phi) is 9.74. The van der Waals surface area contributed by atoms with Crippen LogP contribution in [0.2, 0.25) is 0 Å². The van der Waals surface area contributed by atoms with Gasteiger partial charge in [-0.15, -0.1) is 0 Å². The molecule has 1 amide bonds. The van der Waals surface area contributed by atoms with E-state index < -0.39 is 56.4 Å². The molecule has 0 N–H and O–H groups in total. The van der Waals surface area contributed by atoms with Gasteiger partial charge in [-0.25, -0.2) is 9.37 Å². The number of piperazine rings is 1. The molecule has 8 nitrogen and oxygen atoms in total. The lowest BCUT2D eigenvalue weighted by Gasteiger charge is -2.36. The smallest absolute Gasteiger partial charge is 0.354 e. The second-order valence-corrected chi connectivity index (χ2v) is 14.1. The monoisotopic (exact) mass is 689 g/mol. The molecular formula is C31H34F7N5O3S. The van der Waals surface area contributed by atoms with Crippen molar-refractivity contribution in [1.29, 1.82) is 0 Å². The van der Waals surface area contributed by atoms with E-state index in [9.17, 15) is 43.9 Å². The number of hydrogen-bond acceptors (Lipinski definition) is 5. The van der Waals surface area contributed by atoms with E-state index in [2.05, 4.69) is 4.98 Å². The lowest BCUT2D eigenvalue weighted by molar-refractivity contribution is -0.143. The van der Waals surface area contributed by atoms with Gasteiger partial charge in [0.2, 0.25) is 5.91 Å². The van der Waals surface area contributed by atoms with Crippen LogP contribution in [-0.2, 0) is 32.8 Å². The van der Waals surface area contributed by atoms with E-state index in [1.807, 2.05) is 4.90 Å². The Morgan fingerprint density at radius 2 is 1.34 bits per heavy atom. The van der Waals surface area contributed by atoms with E-state index in [1.54, 1.807) is 13.0 Å². The van der Waals surface area contributed by atoms with Crippen LogP contribution in [0, 0.1) is 12.7 Å². The van der Waals surface area contributed by atoms with Crippen molar-refractivity contribution in [1.82, 2.24) is 13.6 Å². The average molecular weight is 690 g/mol. The number of anilines is 2. The SMILES string of the molecule is Cc1cc(F)ccc1-c1cc(N2CCN(S(=O)(=O)N(C)C)CC2)ncc1N(C)C(=O)C(C)(C)c1cc(C(F)(F)F)cc(C(F)(F)F)c1. The molecule has 0 bridgehead atoms. The maximum absolute atomic E-state index is 14.1. The van der Waals surface area contributed by atoms with Gasteiger partial charge in [-0.3, -0.25) is 4.79 Å². The Labute approximate surface area is 268 Å². The summed E-state index contributed by atoms with van der Waals surface area (Å²) in [5.74, 6) is -0.930. The van der Waals surface area contributed by atoms with Crippen LogP contribution in [0.15, 0.2) is 48.7 Å². The highest BCUT2D eigenvalue weighted by Crippen LogP contribution is 2.41. The number of carbonyl (C=O) groups excluding carboxylic acids is 1. The number of halogens is 7. The lowest BCUT2D eigenvalue weighted by Crippen LogP contribution is -2.51. The van der Waals surface area contributed by atoms with Crippen LogP contribution in [0.1, 0.15) is 36.1 Å². The van der Waals surface area contributed by atoms with Gasteiger partial charge in [-0.05, 0) is 73.9 Å². The number of likely N-dealkylation sites (N-methyl/N-ethyl adjacent to an activating group) is 1. The first-order chi connectivity index (χ1) is 21.5. The quantitative estimate of drug-likeness (QED) is 0.281. The zero-order valence-corrected chi connectivity index (χ0v) is 27.3. The zero-order valence-electron chi connectivity index (χ0n) is 26.5. The Balaban J connectivity index is 1.77. The van der Waals surface area contributed by atoms with Gasteiger partial charge in [-0.2, -0.15) is 43.4 Å². The summed E-state index contributed by atoms with van der Waals surface area (Å²) < 4.78 is 123. The largest absolute Gasteiger partial charge is 0.416 e. The van der Waals surface area contributed by atoms with E-state index in [1.165, 1.54) is 63.7 Å². The summed E-state index contributed by atoms with van der Waals surface area (Å²) in [7, 11) is 0.550. The molecule has 0 atom stereocenters. The van der Waals surface area contributed by atoms with Crippen molar-refractivity contribution in [3.05, 3.63) is 76.7 Å². The number of aryl methyl sites for hydroxylation is 1. The van der Waals surface area contributed by atoms with Crippen molar-refractivity contribution in [2.45, 2.75) is 38.5 Å². The molecule has 16 heteroatoms. The van der Waals surface area contributed by atoms with E-state index >= 15 is 0 Å². The first-order valence-corrected chi connectivity index (χ1v) is 15.7. The maximum Gasteiger partial charge on any atom is 0.416 e. The Bertz CT molecular complexity index is 1740. The molecule has 0 aliphatic carbocycles. The molecule has 4 rings (SSSR count). The van der Waals surface area contributed by atoms with E-state index in [0.29, 0.717) is 34.6 Å². The first-order valence-electron chi connectivity index (χ1n) is 14.3. The highest BCUT2D eigenvalue weighted by atomic mass is 32.2. The van der Waals surface area contributed by atoms with Crippen LogP contribution in [0.25, 0.3) is 11.1 Å². The molecule has 2 aromatic carbocycles. The first kappa shape index (κ1) is 36.1. The third-order valence-corrected chi connectivity index (χ3v) is 10.1.